The zero-order valence-electron chi connectivity index (χ0n) is 7.57. The van der Waals surface area contributed by atoms with Crippen molar-refractivity contribution in [3.8, 4) is 11.5 Å². The molecule has 15 heavy (non-hydrogen) atoms. The van der Waals surface area contributed by atoms with Gasteiger partial charge in [-0.05, 0) is 17.7 Å². The molecule has 0 saturated carbocycles. The summed E-state index contributed by atoms with van der Waals surface area (Å²) in [6.07, 6.45) is 0. The molecule has 0 radical (unpaired) electrons. The maximum Gasteiger partial charge on any atom is 0.297 e. The van der Waals surface area contributed by atoms with E-state index in [0.717, 1.165) is 5.56 Å². The molecule has 0 atom stereocenters. The molecule has 0 aromatic heterocycles. The highest BCUT2D eigenvalue weighted by Crippen LogP contribution is 2.32. The minimum absolute atomic E-state index is 0.127. The highest BCUT2D eigenvalue weighted by molar-refractivity contribution is 8.12. The van der Waals surface area contributed by atoms with Gasteiger partial charge in [-0.25, -0.2) is 0 Å². The van der Waals surface area contributed by atoms with E-state index in [0.29, 0.717) is 11.5 Å². The molecule has 0 aliphatic carbocycles. The molecule has 0 amide bonds. The summed E-state index contributed by atoms with van der Waals surface area (Å²) in [5.41, 5.74) is 0.753. The van der Waals surface area contributed by atoms with Crippen molar-refractivity contribution < 1.29 is 17.9 Å². The molecule has 2 rings (SSSR count). The summed E-state index contributed by atoms with van der Waals surface area (Å²) in [7, 11) is 1.32. The molecule has 0 fully saturated rings. The van der Waals surface area contributed by atoms with E-state index in [4.69, 9.17) is 20.2 Å². The highest BCUT2D eigenvalue weighted by atomic mass is 35.7. The van der Waals surface area contributed by atoms with Crippen LogP contribution in [-0.4, -0.2) is 15.2 Å². The third-order valence-electron chi connectivity index (χ3n) is 1.89. The largest absolute Gasteiger partial charge is 0.454 e. The van der Waals surface area contributed by atoms with Crippen LogP contribution in [0.15, 0.2) is 18.2 Å². The third-order valence-corrected chi connectivity index (χ3v) is 2.70. The van der Waals surface area contributed by atoms with E-state index in [-0.39, 0.29) is 13.3 Å². The van der Waals surface area contributed by atoms with Crippen LogP contribution in [0, 0.1) is 0 Å². The average Bonchev–Trinajstić information content (AvgIpc) is 2.60. The zero-order chi connectivity index (χ0) is 10.9. The molecule has 0 saturated heterocycles. The second kappa shape index (κ2) is 3.88. The van der Waals surface area contributed by atoms with Crippen molar-refractivity contribution >= 4 is 19.9 Å². The highest BCUT2D eigenvalue weighted by Gasteiger charge is 2.13. The van der Waals surface area contributed by atoms with E-state index in [1.807, 2.05) is 0 Å². The van der Waals surface area contributed by atoms with Gasteiger partial charge in [0.25, 0.3) is 9.24 Å². The Hall–Kier alpha value is -0.980. The van der Waals surface area contributed by atoms with Crippen LogP contribution in [0.1, 0.15) is 5.56 Å². The van der Waals surface area contributed by atoms with Gasteiger partial charge >= 0.3 is 0 Å². The lowest BCUT2D eigenvalue weighted by Gasteiger charge is -2.02. The van der Waals surface area contributed by atoms with Gasteiger partial charge in [0.2, 0.25) is 6.79 Å². The number of rotatable bonds is 3. The molecule has 1 aliphatic heterocycles. The molecular formula is C8H8ClNO4S. The van der Waals surface area contributed by atoms with Crippen LogP contribution in [0.4, 0.5) is 0 Å². The Bertz CT molecular complexity index is 474. The first-order valence-corrected chi connectivity index (χ1v) is 6.43. The van der Waals surface area contributed by atoms with Crippen LogP contribution in [0.5, 0.6) is 11.5 Å². The Balaban J connectivity index is 2.10. The maximum absolute atomic E-state index is 10.6. The Labute approximate surface area is 91.5 Å². The lowest BCUT2D eigenvalue weighted by molar-refractivity contribution is 0.174. The number of nitrogens with one attached hydrogen (secondary N) is 1. The minimum Gasteiger partial charge on any atom is -0.454 e. The number of hydrogen-bond acceptors (Lipinski definition) is 4. The van der Waals surface area contributed by atoms with Gasteiger partial charge in [-0.3, -0.25) is 0 Å². The van der Waals surface area contributed by atoms with Crippen LogP contribution in [0.2, 0.25) is 0 Å². The fourth-order valence-corrected chi connectivity index (χ4v) is 1.72. The summed E-state index contributed by atoms with van der Waals surface area (Å²) in [6.45, 7) is 0.322. The summed E-state index contributed by atoms with van der Waals surface area (Å²) >= 11 is 0. The fraction of sp³-hybridized carbons (Fsp3) is 0.250. The molecule has 0 unspecified atom stereocenters. The predicted molar refractivity (Wildman–Crippen MR) is 54.2 cm³/mol. The van der Waals surface area contributed by atoms with Gasteiger partial charge in [0.05, 0.1) is 0 Å². The first-order chi connectivity index (χ1) is 7.04. The number of fused-ring (bicyclic) bond motifs is 1. The molecule has 1 aromatic carbocycles. The van der Waals surface area contributed by atoms with E-state index >= 15 is 0 Å². The van der Waals surface area contributed by atoms with Crippen molar-refractivity contribution in [1.29, 1.82) is 0 Å². The van der Waals surface area contributed by atoms with Gasteiger partial charge in [0.1, 0.15) is 0 Å². The molecule has 5 nitrogen and oxygen atoms in total. The minimum atomic E-state index is -3.69. The summed E-state index contributed by atoms with van der Waals surface area (Å²) in [6, 6.07) is 5.17. The van der Waals surface area contributed by atoms with E-state index in [2.05, 4.69) is 4.72 Å². The molecule has 1 N–H and O–H groups in total. The van der Waals surface area contributed by atoms with Crippen LogP contribution >= 0.6 is 10.7 Å². The zero-order valence-corrected chi connectivity index (χ0v) is 9.14. The van der Waals surface area contributed by atoms with Gasteiger partial charge < -0.3 is 9.47 Å². The molecule has 1 heterocycles. The van der Waals surface area contributed by atoms with Gasteiger partial charge in [-0.1, -0.05) is 6.07 Å². The Kier molecular flexibility index (Phi) is 2.72. The van der Waals surface area contributed by atoms with Gasteiger partial charge in [0, 0.05) is 17.2 Å². The number of hydrogen-bond donors (Lipinski definition) is 1. The van der Waals surface area contributed by atoms with Crippen LogP contribution < -0.4 is 14.2 Å². The first kappa shape index (κ1) is 10.5. The molecule has 1 aliphatic rings. The number of halogens is 1. The van der Waals surface area contributed by atoms with Crippen molar-refractivity contribution in [3.63, 3.8) is 0 Å². The number of benzene rings is 1. The third kappa shape index (κ3) is 2.74. The maximum atomic E-state index is 10.6. The van der Waals surface area contributed by atoms with Crippen molar-refractivity contribution in [2.24, 2.45) is 0 Å². The van der Waals surface area contributed by atoms with E-state index in [1.165, 1.54) is 0 Å². The van der Waals surface area contributed by atoms with Crippen molar-refractivity contribution in [2.45, 2.75) is 6.54 Å². The smallest absolute Gasteiger partial charge is 0.297 e. The Morgan fingerprint density at radius 3 is 2.80 bits per heavy atom. The van der Waals surface area contributed by atoms with Crippen molar-refractivity contribution in [3.05, 3.63) is 23.8 Å². The predicted octanol–water partition coefficient (Wildman–Crippen LogP) is 0.989. The van der Waals surface area contributed by atoms with Crippen molar-refractivity contribution in [2.75, 3.05) is 6.79 Å². The van der Waals surface area contributed by atoms with E-state index in [1.54, 1.807) is 18.2 Å². The fourth-order valence-electron chi connectivity index (χ4n) is 1.22. The van der Waals surface area contributed by atoms with E-state index < -0.39 is 9.24 Å². The quantitative estimate of drug-likeness (QED) is 0.812. The number of ether oxygens (including phenoxy) is 2. The molecule has 1 aromatic rings. The monoisotopic (exact) mass is 249 g/mol. The summed E-state index contributed by atoms with van der Waals surface area (Å²) in [4.78, 5) is 0. The van der Waals surface area contributed by atoms with E-state index in [9.17, 15) is 8.42 Å². The molecule has 0 bridgehead atoms. The topological polar surface area (TPSA) is 64.6 Å². The van der Waals surface area contributed by atoms with Crippen molar-refractivity contribution in [1.82, 2.24) is 4.72 Å². The summed E-state index contributed by atoms with van der Waals surface area (Å²) in [5, 5.41) is 0. The lowest BCUT2D eigenvalue weighted by Crippen LogP contribution is -2.17. The molecule has 82 valence electrons. The first-order valence-electron chi connectivity index (χ1n) is 4.12. The summed E-state index contributed by atoms with van der Waals surface area (Å²) < 4.78 is 33.7. The van der Waals surface area contributed by atoms with Gasteiger partial charge in [-0.15, -0.1) is 0 Å². The molecular weight excluding hydrogens is 242 g/mol. The van der Waals surface area contributed by atoms with Crippen LogP contribution in [0.3, 0.4) is 0 Å². The lowest BCUT2D eigenvalue weighted by atomic mass is 10.2. The SMILES string of the molecule is O=S(=O)(Cl)NCc1ccc2c(c1)OCO2. The normalized spacial score (nSPS) is 14.2. The average molecular weight is 250 g/mol. The molecule has 0 spiro atoms. The summed E-state index contributed by atoms with van der Waals surface area (Å²) in [5.74, 6) is 1.27. The van der Waals surface area contributed by atoms with Gasteiger partial charge in [0.15, 0.2) is 11.5 Å². The molecule has 7 heteroatoms. The Morgan fingerprint density at radius 2 is 2.07 bits per heavy atom. The van der Waals surface area contributed by atoms with Crippen LogP contribution in [0.25, 0.3) is 0 Å². The Morgan fingerprint density at radius 1 is 1.33 bits per heavy atom. The second-order valence-corrected chi connectivity index (χ2v) is 5.33. The second-order valence-electron chi connectivity index (χ2n) is 2.95. The van der Waals surface area contributed by atoms with Crippen LogP contribution in [-0.2, 0) is 15.8 Å². The standard InChI is InChI=1S/C8H8ClNO4S/c9-15(11,12)10-4-6-1-2-7-8(3-6)14-5-13-7/h1-3,10H,4-5H2. The van der Waals surface area contributed by atoms with Gasteiger partial charge in [-0.2, -0.15) is 13.1 Å².